The van der Waals surface area contributed by atoms with Crippen molar-refractivity contribution in [3.63, 3.8) is 0 Å². The fourth-order valence-electron chi connectivity index (χ4n) is 1.89. The molecule has 2 rings (SSSR count). The van der Waals surface area contributed by atoms with Crippen molar-refractivity contribution in [2.45, 2.75) is 33.1 Å². The molecule has 0 aliphatic carbocycles. The molecule has 0 amide bonds. The third kappa shape index (κ3) is 3.95. The van der Waals surface area contributed by atoms with Gasteiger partial charge in [-0.3, -0.25) is 0 Å². The zero-order valence-corrected chi connectivity index (χ0v) is 14.7. The van der Waals surface area contributed by atoms with E-state index in [0.29, 0.717) is 17.6 Å². The molecule has 0 unspecified atom stereocenters. The maximum absolute atomic E-state index is 6.21. The summed E-state index contributed by atoms with van der Waals surface area (Å²) in [6.45, 7) is 6.93. The van der Waals surface area contributed by atoms with Crippen LogP contribution in [-0.4, -0.2) is 16.6 Å². The van der Waals surface area contributed by atoms with E-state index in [9.17, 15) is 0 Å². The average molecular weight is 370 g/mol. The van der Waals surface area contributed by atoms with Crippen LogP contribution in [0.3, 0.4) is 0 Å². The highest BCUT2D eigenvalue weighted by Crippen LogP contribution is 2.31. The largest absolute Gasteiger partial charge is 0.494 e. The molecule has 21 heavy (non-hydrogen) atoms. The van der Waals surface area contributed by atoms with Crippen LogP contribution in [0.5, 0.6) is 5.75 Å². The lowest BCUT2D eigenvalue weighted by Gasteiger charge is -2.11. The van der Waals surface area contributed by atoms with Crippen molar-refractivity contribution in [1.82, 2.24) is 9.97 Å². The normalized spacial score (nSPS) is 11.0. The molecule has 0 radical (unpaired) electrons. The molecular weight excluding hydrogens is 352 g/mol. The Morgan fingerprint density at radius 1 is 1.29 bits per heavy atom. The lowest BCUT2D eigenvalue weighted by molar-refractivity contribution is 0.317. The number of aromatic nitrogens is 2. The Morgan fingerprint density at radius 3 is 2.71 bits per heavy atom. The van der Waals surface area contributed by atoms with Gasteiger partial charge in [-0.25, -0.2) is 9.97 Å². The van der Waals surface area contributed by atoms with E-state index in [2.05, 4.69) is 46.7 Å². The molecule has 0 N–H and O–H groups in total. The maximum atomic E-state index is 6.21. The van der Waals surface area contributed by atoms with Crippen LogP contribution in [0.2, 0.25) is 5.15 Å². The van der Waals surface area contributed by atoms with Gasteiger partial charge in [-0.2, -0.15) is 0 Å². The molecule has 5 heteroatoms. The van der Waals surface area contributed by atoms with E-state index in [0.717, 1.165) is 27.9 Å². The number of benzene rings is 1. The molecule has 0 fully saturated rings. The number of ether oxygens (including phenoxy) is 1. The molecule has 3 nitrogen and oxygen atoms in total. The zero-order chi connectivity index (χ0) is 15.4. The van der Waals surface area contributed by atoms with Gasteiger partial charge in [0.05, 0.1) is 16.8 Å². The van der Waals surface area contributed by atoms with Gasteiger partial charge in [0.15, 0.2) is 5.82 Å². The Kier molecular flexibility index (Phi) is 5.59. The molecule has 0 bridgehead atoms. The number of halogens is 2. The topological polar surface area (TPSA) is 35.0 Å². The van der Waals surface area contributed by atoms with E-state index < -0.39 is 0 Å². The smallest absolute Gasteiger partial charge is 0.161 e. The highest BCUT2D eigenvalue weighted by molar-refractivity contribution is 9.10. The summed E-state index contributed by atoms with van der Waals surface area (Å²) in [6.07, 6.45) is 0.975. The first-order valence-corrected chi connectivity index (χ1v) is 8.16. The highest BCUT2D eigenvalue weighted by Gasteiger charge is 2.15. The monoisotopic (exact) mass is 368 g/mol. The van der Waals surface area contributed by atoms with Gasteiger partial charge in [-0.05, 0) is 40.4 Å². The van der Waals surface area contributed by atoms with Crippen molar-refractivity contribution in [3.05, 3.63) is 39.6 Å². The van der Waals surface area contributed by atoms with E-state index in [1.807, 2.05) is 24.3 Å². The van der Waals surface area contributed by atoms with Gasteiger partial charge >= 0.3 is 0 Å². The van der Waals surface area contributed by atoms with Crippen LogP contribution in [0, 0.1) is 0 Å². The van der Waals surface area contributed by atoms with Crippen LogP contribution < -0.4 is 4.74 Å². The zero-order valence-electron chi connectivity index (χ0n) is 12.4. The predicted octanol–water partition coefficient (Wildman–Crippen LogP) is 5.47. The summed E-state index contributed by atoms with van der Waals surface area (Å²) in [6, 6.07) is 7.78. The predicted molar refractivity (Wildman–Crippen MR) is 90.1 cm³/mol. The lowest BCUT2D eigenvalue weighted by atomic mass is 10.1. The van der Waals surface area contributed by atoms with E-state index in [4.69, 9.17) is 16.3 Å². The van der Waals surface area contributed by atoms with Crippen LogP contribution >= 0.6 is 27.5 Å². The Morgan fingerprint density at radius 2 is 2.05 bits per heavy atom. The van der Waals surface area contributed by atoms with Crippen molar-refractivity contribution in [1.29, 1.82) is 0 Å². The van der Waals surface area contributed by atoms with Crippen LogP contribution in [0.4, 0.5) is 0 Å². The number of rotatable bonds is 5. The molecule has 0 atom stereocenters. The van der Waals surface area contributed by atoms with Gasteiger partial charge in [0.25, 0.3) is 0 Å². The first-order chi connectivity index (χ1) is 10.0. The molecule has 2 aromatic rings. The first kappa shape index (κ1) is 16.2. The van der Waals surface area contributed by atoms with Crippen molar-refractivity contribution in [2.75, 3.05) is 6.61 Å². The minimum absolute atomic E-state index is 0.262. The minimum Gasteiger partial charge on any atom is -0.494 e. The fraction of sp³-hybridized carbons (Fsp3) is 0.375. The molecule has 1 heterocycles. The standard InChI is InChI=1S/C16H18BrClN2O/c1-4-8-21-12-7-5-6-11(9-12)16-19-14(10(2)3)13(17)15(18)20-16/h5-7,9-10H,4,8H2,1-3H3. The molecule has 112 valence electrons. The van der Waals surface area contributed by atoms with Gasteiger partial charge < -0.3 is 4.74 Å². The number of hydrogen-bond donors (Lipinski definition) is 0. The molecule has 1 aromatic heterocycles. The Bertz CT molecular complexity index is 632. The summed E-state index contributed by atoms with van der Waals surface area (Å²) in [7, 11) is 0. The minimum atomic E-state index is 0.262. The molecule has 1 aromatic carbocycles. The molecule has 0 aliphatic heterocycles. The summed E-state index contributed by atoms with van der Waals surface area (Å²) >= 11 is 9.66. The third-order valence-corrected chi connectivity index (χ3v) is 4.23. The molecule has 0 saturated carbocycles. The SMILES string of the molecule is CCCOc1cccc(-c2nc(Cl)c(Br)c(C(C)C)n2)c1. The van der Waals surface area contributed by atoms with Gasteiger partial charge in [0.2, 0.25) is 0 Å². The lowest BCUT2D eigenvalue weighted by Crippen LogP contribution is -2.01. The van der Waals surface area contributed by atoms with Gasteiger partial charge in [0, 0.05) is 5.56 Å². The van der Waals surface area contributed by atoms with E-state index >= 15 is 0 Å². The number of hydrogen-bond acceptors (Lipinski definition) is 3. The van der Waals surface area contributed by atoms with E-state index in [1.54, 1.807) is 0 Å². The molecular formula is C16H18BrClN2O. The summed E-state index contributed by atoms with van der Waals surface area (Å²) in [5.74, 6) is 1.70. The fourth-order valence-corrected chi connectivity index (χ4v) is 2.70. The molecule has 0 spiro atoms. The second kappa shape index (κ2) is 7.23. The van der Waals surface area contributed by atoms with Gasteiger partial charge in [-0.15, -0.1) is 0 Å². The third-order valence-electron chi connectivity index (χ3n) is 2.95. The summed E-state index contributed by atoms with van der Waals surface area (Å²) in [5.41, 5.74) is 1.81. The van der Waals surface area contributed by atoms with Gasteiger partial charge in [0.1, 0.15) is 10.9 Å². The van der Waals surface area contributed by atoms with Crippen molar-refractivity contribution >= 4 is 27.5 Å². The van der Waals surface area contributed by atoms with Crippen molar-refractivity contribution in [2.24, 2.45) is 0 Å². The Hall–Kier alpha value is -1.13. The Balaban J connectivity index is 2.42. The van der Waals surface area contributed by atoms with Crippen LogP contribution in [0.15, 0.2) is 28.7 Å². The molecule has 0 saturated heterocycles. The van der Waals surface area contributed by atoms with Crippen molar-refractivity contribution < 1.29 is 4.74 Å². The first-order valence-electron chi connectivity index (χ1n) is 6.99. The molecule has 0 aliphatic rings. The number of nitrogens with zero attached hydrogens (tertiary/aromatic N) is 2. The van der Waals surface area contributed by atoms with Crippen LogP contribution in [0.1, 0.15) is 38.8 Å². The van der Waals surface area contributed by atoms with Gasteiger partial charge in [-0.1, -0.05) is 44.5 Å². The van der Waals surface area contributed by atoms with E-state index in [-0.39, 0.29) is 5.92 Å². The summed E-state index contributed by atoms with van der Waals surface area (Å²) in [4.78, 5) is 8.99. The quantitative estimate of drug-likeness (QED) is 0.655. The summed E-state index contributed by atoms with van der Waals surface area (Å²) in [5, 5.41) is 0.434. The van der Waals surface area contributed by atoms with Crippen molar-refractivity contribution in [3.8, 4) is 17.1 Å². The maximum Gasteiger partial charge on any atom is 0.161 e. The summed E-state index contributed by atoms with van der Waals surface area (Å²) < 4.78 is 6.42. The highest BCUT2D eigenvalue weighted by atomic mass is 79.9. The second-order valence-electron chi connectivity index (χ2n) is 5.07. The van der Waals surface area contributed by atoms with E-state index in [1.165, 1.54) is 0 Å². The van der Waals surface area contributed by atoms with Crippen LogP contribution in [0.25, 0.3) is 11.4 Å². The Labute approximate surface area is 138 Å². The van der Waals surface area contributed by atoms with Crippen LogP contribution in [-0.2, 0) is 0 Å². The average Bonchev–Trinajstić information content (AvgIpc) is 2.47. The second-order valence-corrected chi connectivity index (χ2v) is 6.22.